The fourth-order valence-electron chi connectivity index (χ4n) is 1.40. The quantitative estimate of drug-likeness (QED) is 0.677. The summed E-state index contributed by atoms with van der Waals surface area (Å²) in [5.41, 5.74) is 0. The van der Waals surface area contributed by atoms with E-state index in [0.29, 0.717) is 12.3 Å². The van der Waals surface area contributed by atoms with Crippen molar-refractivity contribution in [3.8, 4) is 0 Å². The minimum absolute atomic E-state index is 0. The summed E-state index contributed by atoms with van der Waals surface area (Å²) in [6.07, 6.45) is 1.43. The van der Waals surface area contributed by atoms with Crippen molar-refractivity contribution < 1.29 is 13.2 Å². The summed E-state index contributed by atoms with van der Waals surface area (Å²) < 4.78 is 25.5. The second-order valence-corrected chi connectivity index (χ2v) is 5.70. The molecule has 0 aromatic rings. The van der Waals surface area contributed by atoms with Crippen LogP contribution in [0, 0.1) is 5.92 Å². The Hall–Kier alpha value is 0.380. The Kier molecular flexibility index (Phi) is 5.77. The van der Waals surface area contributed by atoms with E-state index in [1.165, 1.54) is 7.05 Å². The number of rotatable bonds is 3. The number of amides is 1. The van der Waals surface area contributed by atoms with E-state index in [-0.39, 0.29) is 29.6 Å². The van der Waals surface area contributed by atoms with Crippen LogP contribution in [0.2, 0.25) is 0 Å². The van der Waals surface area contributed by atoms with Crippen LogP contribution < -0.4 is 4.72 Å². The Labute approximate surface area is 113 Å². The second-order valence-electron chi connectivity index (χ2n) is 3.97. The topological polar surface area (TPSA) is 66.5 Å². The Morgan fingerprint density at radius 1 is 1.47 bits per heavy atom. The molecule has 1 aliphatic heterocycles. The molecule has 0 aromatic carbocycles. The molecule has 1 atom stereocenters. The fourth-order valence-corrected chi connectivity index (χ4v) is 2.47. The first-order valence-electron chi connectivity index (χ1n) is 4.64. The number of carbonyl (C=O) groups excluding carboxylic acids is 1. The Balaban J connectivity index is 0.00000196. The summed E-state index contributed by atoms with van der Waals surface area (Å²) in [6.45, 7) is 4.09. The Bertz CT molecular complexity index is 329. The normalized spacial score (nSPS) is 25.1. The first-order valence-corrected chi connectivity index (χ1v) is 6.08. The first-order chi connectivity index (χ1) is 6.34. The van der Waals surface area contributed by atoms with Crippen LogP contribution in [-0.4, -0.2) is 61.3 Å². The van der Waals surface area contributed by atoms with E-state index >= 15 is 0 Å². The predicted molar refractivity (Wildman–Crippen MR) is 59.8 cm³/mol. The van der Waals surface area contributed by atoms with Crippen LogP contribution in [0.15, 0.2) is 0 Å². The summed E-state index contributed by atoms with van der Waals surface area (Å²) in [5, 5.41) is 0. The molecular formula is C8H17N2NaO3S. The number of nitrogens with zero attached hydrogens (tertiary/aromatic N) is 1. The Morgan fingerprint density at radius 3 is 2.33 bits per heavy atom. The molecule has 1 N–H and O–H groups in total. The molecule has 0 aliphatic carbocycles. The van der Waals surface area contributed by atoms with Crippen LogP contribution in [0.5, 0.6) is 0 Å². The molecule has 0 spiro atoms. The molecule has 1 aliphatic rings. The molecule has 84 valence electrons. The van der Waals surface area contributed by atoms with Gasteiger partial charge in [0.25, 0.3) is 5.91 Å². The molecule has 5 nitrogen and oxygen atoms in total. The molecule has 0 bridgehead atoms. The molecule has 7 heteroatoms. The van der Waals surface area contributed by atoms with Gasteiger partial charge in [0, 0.05) is 7.05 Å². The van der Waals surface area contributed by atoms with Gasteiger partial charge in [-0.3, -0.25) is 4.79 Å². The van der Waals surface area contributed by atoms with Crippen molar-refractivity contribution >= 4 is 45.7 Å². The van der Waals surface area contributed by atoms with Crippen LogP contribution in [0.1, 0.15) is 26.7 Å². The number of hydrogen-bond acceptors (Lipinski definition) is 3. The maximum atomic E-state index is 11.3. The third kappa shape index (κ3) is 3.71. The molecule has 0 aromatic heterocycles. The van der Waals surface area contributed by atoms with Gasteiger partial charge in [-0.1, -0.05) is 13.8 Å². The average Bonchev–Trinajstić information content (AvgIpc) is 2.19. The van der Waals surface area contributed by atoms with Crippen LogP contribution in [-0.2, 0) is 15.0 Å². The van der Waals surface area contributed by atoms with E-state index in [1.807, 2.05) is 18.6 Å². The van der Waals surface area contributed by atoms with Crippen LogP contribution in [0.3, 0.4) is 0 Å². The van der Waals surface area contributed by atoms with Gasteiger partial charge < -0.3 is 0 Å². The van der Waals surface area contributed by atoms with Gasteiger partial charge in [-0.2, -0.15) is 12.7 Å². The van der Waals surface area contributed by atoms with Crippen LogP contribution in [0.25, 0.3) is 0 Å². The zero-order valence-corrected chi connectivity index (χ0v) is 9.47. The van der Waals surface area contributed by atoms with Gasteiger partial charge in [0.15, 0.2) is 0 Å². The fraction of sp³-hybridized carbons (Fsp3) is 0.875. The summed E-state index contributed by atoms with van der Waals surface area (Å²) in [4.78, 5) is 11.3. The first kappa shape index (κ1) is 15.4. The van der Waals surface area contributed by atoms with E-state index in [2.05, 4.69) is 0 Å². The standard InChI is InChI=1S/C8H16N2O3S.Na.H/c1-6(2)4-5-7-8(11)9-14(12,13)10(7)3;;/h6-7H,4-5H2,1-3H3,(H,9,11);;. The van der Waals surface area contributed by atoms with Crippen molar-refractivity contribution in [3.05, 3.63) is 0 Å². The van der Waals surface area contributed by atoms with E-state index in [9.17, 15) is 13.2 Å². The van der Waals surface area contributed by atoms with Crippen LogP contribution in [0.4, 0.5) is 0 Å². The summed E-state index contributed by atoms with van der Waals surface area (Å²) >= 11 is 0. The van der Waals surface area contributed by atoms with E-state index in [1.54, 1.807) is 0 Å². The molecule has 0 radical (unpaired) electrons. The van der Waals surface area contributed by atoms with Gasteiger partial charge in [0.05, 0.1) is 0 Å². The third-order valence-electron chi connectivity index (χ3n) is 2.37. The maximum absolute atomic E-state index is 11.3. The molecule has 15 heavy (non-hydrogen) atoms. The van der Waals surface area contributed by atoms with E-state index in [4.69, 9.17) is 0 Å². The predicted octanol–water partition coefficient (Wildman–Crippen LogP) is -0.551. The van der Waals surface area contributed by atoms with Crippen molar-refractivity contribution in [2.45, 2.75) is 32.7 Å². The van der Waals surface area contributed by atoms with Crippen LogP contribution >= 0.6 is 0 Å². The molecule has 0 saturated carbocycles. The van der Waals surface area contributed by atoms with Gasteiger partial charge in [0.1, 0.15) is 6.04 Å². The number of carbonyl (C=O) groups is 1. The van der Waals surface area contributed by atoms with E-state index in [0.717, 1.165) is 10.7 Å². The minimum atomic E-state index is -3.54. The monoisotopic (exact) mass is 244 g/mol. The Morgan fingerprint density at radius 2 is 2.00 bits per heavy atom. The SMILES string of the molecule is CC(C)CCC1C(=O)NS(=O)(=O)N1C.[NaH]. The van der Waals surface area contributed by atoms with Crippen molar-refractivity contribution in [2.75, 3.05) is 7.05 Å². The molecule has 1 rings (SSSR count). The number of hydrogen-bond donors (Lipinski definition) is 1. The van der Waals surface area contributed by atoms with Crippen molar-refractivity contribution in [1.29, 1.82) is 0 Å². The molecular weight excluding hydrogens is 227 g/mol. The van der Waals surface area contributed by atoms with Crippen molar-refractivity contribution in [3.63, 3.8) is 0 Å². The number of nitrogens with one attached hydrogen (secondary N) is 1. The molecule has 1 unspecified atom stereocenters. The molecule has 1 amide bonds. The average molecular weight is 244 g/mol. The summed E-state index contributed by atoms with van der Waals surface area (Å²) in [6, 6.07) is -0.526. The van der Waals surface area contributed by atoms with Crippen molar-refractivity contribution in [2.24, 2.45) is 5.92 Å². The zero-order valence-electron chi connectivity index (χ0n) is 8.65. The van der Waals surface area contributed by atoms with E-state index < -0.39 is 22.2 Å². The van der Waals surface area contributed by atoms with Gasteiger partial charge in [0.2, 0.25) is 0 Å². The second kappa shape index (κ2) is 5.63. The summed E-state index contributed by atoms with van der Waals surface area (Å²) in [7, 11) is -2.11. The van der Waals surface area contributed by atoms with Crippen molar-refractivity contribution in [1.82, 2.24) is 9.03 Å². The van der Waals surface area contributed by atoms with Gasteiger partial charge in [-0.25, -0.2) is 4.72 Å². The zero-order chi connectivity index (χ0) is 10.9. The number of likely N-dealkylation sites (N-methyl/N-ethyl adjacent to an activating group) is 1. The van der Waals surface area contributed by atoms with Gasteiger partial charge in [-0.15, -0.1) is 0 Å². The van der Waals surface area contributed by atoms with Gasteiger partial charge in [-0.05, 0) is 18.8 Å². The third-order valence-corrected chi connectivity index (χ3v) is 3.84. The van der Waals surface area contributed by atoms with Gasteiger partial charge >= 0.3 is 39.8 Å². The molecule has 1 heterocycles. The molecule has 1 saturated heterocycles. The summed E-state index contributed by atoms with van der Waals surface area (Å²) in [5.74, 6) is 0.0626. The molecule has 1 fully saturated rings.